The van der Waals surface area contributed by atoms with Crippen LogP contribution in [0, 0.1) is 0 Å². The number of thiophene rings is 1. The van der Waals surface area contributed by atoms with E-state index < -0.39 is 0 Å². The van der Waals surface area contributed by atoms with Crippen molar-refractivity contribution in [1.29, 1.82) is 0 Å². The molecule has 0 unspecified atom stereocenters. The molecular formula is C53H33N5S. The second-order valence-corrected chi connectivity index (χ2v) is 15.5. The number of aromatic nitrogens is 5. The number of hydrogen-bond donors (Lipinski definition) is 0. The summed E-state index contributed by atoms with van der Waals surface area (Å²) in [6.45, 7) is 0. The van der Waals surface area contributed by atoms with Gasteiger partial charge in [0.1, 0.15) is 4.83 Å². The van der Waals surface area contributed by atoms with Crippen molar-refractivity contribution in [3.63, 3.8) is 0 Å². The first-order chi connectivity index (χ1) is 29.2. The third-order valence-electron chi connectivity index (χ3n) is 10.8. The predicted octanol–water partition coefficient (Wildman–Crippen LogP) is 13.9. The van der Waals surface area contributed by atoms with Gasteiger partial charge in [0.05, 0.1) is 27.3 Å². The van der Waals surface area contributed by atoms with E-state index in [0.717, 1.165) is 82.0 Å². The summed E-state index contributed by atoms with van der Waals surface area (Å²) >= 11 is 1.64. The fraction of sp³-hybridized carbons (Fsp3) is 0. The number of hydrogen-bond acceptors (Lipinski definition) is 6. The Morgan fingerprint density at radius 1 is 0.339 bits per heavy atom. The van der Waals surface area contributed by atoms with Crippen LogP contribution in [0.1, 0.15) is 0 Å². The highest BCUT2D eigenvalue weighted by Crippen LogP contribution is 2.41. The van der Waals surface area contributed by atoms with Gasteiger partial charge in [0, 0.05) is 45.0 Å². The van der Waals surface area contributed by atoms with Crippen LogP contribution in [0.2, 0.25) is 0 Å². The van der Waals surface area contributed by atoms with Crippen LogP contribution in [-0.2, 0) is 0 Å². The van der Waals surface area contributed by atoms with E-state index in [2.05, 4.69) is 164 Å². The van der Waals surface area contributed by atoms with Crippen molar-refractivity contribution in [3.8, 4) is 78.8 Å². The molecule has 0 radical (unpaired) electrons. The van der Waals surface area contributed by atoms with Crippen molar-refractivity contribution in [2.24, 2.45) is 0 Å². The second-order valence-electron chi connectivity index (χ2n) is 14.5. The molecule has 0 aliphatic carbocycles. The third-order valence-corrected chi connectivity index (χ3v) is 11.9. The Labute approximate surface area is 345 Å². The lowest BCUT2D eigenvalue weighted by atomic mass is 10.0. The Morgan fingerprint density at radius 3 is 1.49 bits per heavy atom. The molecule has 0 aliphatic rings. The fourth-order valence-electron chi connectivity index (χ4n) is 7.69. The first-order valence-electron chi connectivity index (χ1n) is 19.6. The van der Waals surface area contributed by atoms with Gasteiger partial charge in [-0.15, -0.1) is 11.3 Å². The van der Waals surface area contributed by atoms with Gasteiger partial charge < -0.3 is 0 Å². The molecule has 276 valence electrons. The molecule has 0 saturated heterocycles. The molecule has 0 aliphatic heterocycles. The molecule has 0 atom stereocenters. The number of nitrogens with zero attached hydrogens (tertiary/aromatic N) is 5. The minimum Gasteiger partial charge on any atom is -0.245 e. The summed E-state index contributed by atoms with van der Waals surface area (Å²) in [7, 11) is 0. The van der Waals surface area contributed by atoms with Crippen molar-refractivity contribution in [2.45, 2.75) is 0 Å². The first kappa shape index (κ1) is 34.6. The number of fused-ring (bicyclic) bond motifs is 4. The smallest absolute Gasteiger partial charge is 0.160 e. The van der Waals surface area contributed by atoms with Gasteiger partial charge in [-0.2, -0.15) is 0 Å². The molecule has 11 aromatic rings. The molecule has 4 aromatic heterocycles. The summed E-state index contributed by atoms with van der Waals surface area (Å²) in [5, 5.41) is 3.38. The largest absolute Gasteiger partial charge is 0.245 e. The van der Waals surface area contributed by atoms with Crippen LogP contribution >= 0.6 is 11.3 Å². The van der Waals surface area contributed by atoms with Crippen LogP contribution in [0.25, 0.3) is 110 Å². The van der Waals surface area contributed by atoms with Gasteiger partial charge >= 0.3 is 0 Å². The van der Waals surface area contributed by atoms with Crippen LogP contribution in [0.15, 0.2) is 200 Å². The van der Waals surface area contributed by atoms with E-state index in [-0.39, 0.29) is 0 Å². The molecule has 4 heterocycles. The van der Waals surface area contributed by atoms with Crippen LogP contribution < -0.4 is 0 Å². The molecule has 0 amide bonds. The summed E-state index contributed by atoms with van der Waals surface area (Å²) in [5.41, 5.74) is 12.9. The van der Waals surface area contributed by atoms with Crippen LogP contribution in [0.3, 0.4) is 0 Å². The number of rotatable bonds is 7. The van der Waals surface area contributed by atoms with Crippen molar-refractivity contribution in [3.05, 3.63) is 200 Å². The Bertz CT molecular complexity index is 3290. The minimum absolute atomic E-state index is 0.656. The predicted molar refractivity (Wildman–Crippen MR) is 244 cm³/mol. The normalized spacial score (nSPS) is 11.4. The minimum atomic E-state index is 0.656. The maximum atomic E-state index is 5.31. The average Bonchev–Trinajstić information content (AvgIpc) is 3.70. The van der Waals surface area contributed by atoms with Gasteiger partial charge in [-0.25, -0.2) is 24.9 Å². The topological polar surface area (TPSA) is 64.5 Å². The molecule has 0 spiro atoms. The summed E-state index contributed by atoms with van der Waals surface area (Å²) < 4.78 is 1.02. The van der Waals surface area contributed by atoms with Gasteiger partial charge in [-0.3, -0.25) is 0 Å². The second kappa shape index (κ2) is 14.7. The first-order valence-corrected chi connectivity index (χ1v) is 20.4. The Hall–Kier alpha value is -7.67. The summed E-state index contributed by atoms with van der Waals surface area (Å²) in [5.74, 6) is 1.33. The van der Waals surface area contributed by atoms with Gasteiger partial charge in [-0.1, -0.05) is 176 Å². The highest BCUT2D eigenvalue weighted by atomic mass is 32.1. The zero-order valence-electron chi connectivity index (χ0n) is 31.7. The van der Waals surface area contributed by atoms with Crippen molar-refractivity contribution in [2.75, 3.05) is 0 Å². The molecule has 6 heteroatoms. The fourth-order valence-corrected chi connectivity index (χ4v) is 8.77. The van der Waals surface area contributed by atoms with Crippen molar-refractivity contribution in [1.82, 2.24) is 24.9 Å². The number of benzene rings is 7. The van der Waals surface area contributed by atoms with Crippen molar-refractivity contribution < 1.29 is 0 Å². The van der Waals surface area contributed by atoms with Gasteiger partial charge in [-0.05, 0) is 45.7 Å². The number of pyridine rings is 1. The van der Waals surface area contributed by atoms with E-state index in [1.165, 1.54) is 16.3 Å². The summed E-state index contributed by atoms with van der Waals surface area (Å²) in [6.07, 6.45) is 1.96. The van der Waals surface area contributed by atoms with Gasteiger partial charge in [0.15, 0.2) is 11.6 Å². The lowest BCUT2D eigenvalue weighted by Crippen LogP contribution is -1.96. The van der Waals surface area contributed by atoms with E-state index in [9.17, 15) is 0 Å². The lowest BCUT2D eigenvalue weighted by molar-refractivity contribution is 1.18. The summed E-state index contributed by atoms with van der Waals surface area (Å²) in [4.78, 5) is 26.6. The van der Waals surface area contributed by atoms with E-state index in [1.54, 1.807) is 11.3 Å². The van der Waals surface area contributed by atoms with Crippen molar-refractivity contribution >= 4 is 42.5 Å². The molecule has 0 N–H and O–H groups in total. The molecule has 7 aromatic carbocycles. The van der Waals surface area contributed by atoms with Crippen LogP contribution in [0.5, 0.6) is 0 Å². The lowest BCUT2D eigenvalue weighted by Gasteiger charge is -2.11. The Balaban J connectivity index is 1.03. The van der Waals surface area contributed by atoms with E-state index in [1.807, 2.05) is 36.5 Å². The van der Waals surface area contributed by atoms with E-state index in [0.29, 0.717) is 11.6 Å². The quantitative estimate of drug-likeness (QED) is 0.161. The monoisotopic (exact) mass is 771 g/mol. The molecule has 5 nitrogen and oxygen atoms in total. The maximum absolute atomic E-state index is 5.31. The zero-order chi connectivity index (χ0) is 39.1. The van der Waals surface area contributed by atoms with Gasteiger partial charge in [0.2, 0.25) is 0 Å². The SMILES string of the molecule is c1ccc(-c2ccc(-c3cc(-c4ccc(-c5nc(-c6ccc7ccccc7c6)c6sc7ncc(-c8ccccc8)cc7c6n5)cc4)nc(-c4ccccc4)n3)cc2)cc1. The van der Waals surface area contributed by atoms with E-state index in [4.69, 9.17) is 24.9 Å². The molecule has 0 fully saturated rings. The average molecular weight is 772 g/mol. The Kier molecular flexibility index (Phi) is 8.60. The highest BCUT2D eigenvalue weighted by molar-refractivity contribution is 7.25. The molecular weight excluding hydrogens is 739 g/mol. The van der Waals surface area contributed by atoms with Gasteiger partial charge in [0.25, 0.3) is 0 Å². The molecule has 0 saturated carbocycles. The Morgan fingerprint density at radius 2 is 0.831 bits per heavy atom. The maximum Gasteiger partial charge on any atom is 0.160 e. The van der Waals surface area contributed by atoms with Crippen LogP contribution in [0.4, 0.5) is 0 Å². The molecule has 11 rings (SSSR count). The van der Waals surface area contributed by atoms with Crippen LogP contribution in [-0.4, -0.2) is 24.9 Å². The molecule has 0 bridgehead atoms. The zero-order valence-corrected chi connectivity index (χ0v) is 32.5. The summed E-state index contributed by atoms with van der Waals surface area (Å²) in [6, 6.07) is 67.3. The molecule has 59 heavy (non-hydrogen) atoms. The van der Waals surface area contributed by atoms with E-state index >= 15 is 0 Å². The third kappa shape index (κ3) is 6.61. The highest BCUT2D eigenvalue weighted by Gasteiger charge is 2.19. The standard InChI is InChI=1S/C53H33N5S/c1-4-12-34(13-5-1)37-20-23-38(24-21-37)46-32-47(56-51(55-46)40-17-8-3-9-18-40)39-25-27-41(28-26-39)52-57-48(43-29-22-36-16-10-11-19-42(36)30-43)50-49(58-52)45-31-44(33-54-53(45)59-50)35-14-6-2-7-15-35/h1-33H.